The standard InChI is InChI=1S/C22H22ClN3O2/c1-2-26(14-19-24-18-10-4-3-9-17(18)20(27)25-19)21(28)22(11-6-12-22)15-7-5-8-16(23)13-15/h3-5,7-10,13H,2,6,11-12,14H2,1H3,(H,24,25,27). The molecule has 1 saturated carbocycles. The fraction of sp³-hybridized carbons (Fsp3) is 0.318. The van der Waals surface area contributed by atoms with Crippen molar-refractivity contribution in [2.24, 2.45) is 0 Å². The minimum Gasteiger partial charge on any atom is -0.335 e. The Hall–Kier alpha value is -2.66. The van der Waals surface area contributed by atoms with E-state index in [9.17, 15) is 9.59 Å². The van der Waals surface area contributed by atoms with Crippen LogP contribution >= 0.6 is 11.6 Å². The summed E-state index contributed by atoms with van der Waals surface area (Å²) in [6, 6.07) is 14.8. The first-order valence-corrected chi connectivity index (χ1v) is 9.94. The lowest BCUT2D eigenvalue weighted by Crippen LogP contribution is -2.51. The number of likely N-dealkylation sites (N-methyl/N-ethyl adjacent to an activating group) is 1. The molecule has 1 heterocycles. The van der Waals surface area contributed by atoms with E-state index in [-0.39, 0.29) is 18.0 Å². The molecule has 0 atom stereocenters. The number of nitrogens with zero attached hydrogens (tertiary/aromatic N) is 2. The molecule has 1 aliphatic carbocycles. The van der Waals surface area contributed by atoms with Crippen LogP contribution in [0.25, 0.3) is 10.9 Å². The lowest BCUT2D eigenvalue weighted by molar-refractivity contribution is -0.141. The van der Waals surface area contributed by atoms with E-state index in [1.54, 1.807) is 11.0 Å². The molecular weight excluding hydrogens is 374 g/mol. The van der Waals surface area contributed by atoms with Crippen molar-refractivity contribution in [2.45, 2.75) is 38.1 Å². The Morgan fingerprint density at radius 2 is 2.00 bits per heavy atom. The van der Waals surface area contributed by atoms with E-state index in [2.05, 4.69) is 9.97 Å². The van der Waals surface area contributed by atoms with Crippen molar-refractivity contribution in [3.05, 3.63) is 75.3 Å². The summed E-state index contributed by atoms with van der Waals surface area (Å²) in [5, 5.41) is 1.19. The third-order valence-electron chi connectivity index (χ3n) is 5.67. The lowest BCUT2D eigenvalue weighted by Gasteiger charge is -2.43. The molecule has 4 rings (SSSR count). The Labute approximate surface area is 168 Å². The van der Waals surface area contributed by atoms with Gasteiger partial charge in [0.2, 0.25) is 5.91 Å². The van der Waals surface area contributed by atoms with Crippen molar-refractivity contribution >= 4 is 28.4 Å². The second-order valence-electron chi connectivity index (χ2n) is 7.30. The molecule has 0 spiro atoms. The first-order chi connectivity index (χ1) is 13.5. The predicted octanol–water partition coefficient (Wildman–Crippen LogP) is 4.05. The number of amides is 1. The van der Waals surface area contributed by atoms with Crippen LogP contribution in [0.5, 0.6) is 0 Å². The number of halogens is 1. The van der Waals surface area contributed by atoms with Gasteiger partial charge in [0.1, 0.15) is 5.82 Å². The van der Waals surface area contributed by atoms with Gasteiger partial charge in [0.05, 0.1) is 22.9 Å². The van der Waals surface area contributed by atoms with Crippen LogP contribution in [0.2, 0.25) is 5.02 Å². The van der Waals surface area contributed by atoms with Crippen molar-refractivity contribution in [3.8, 4) is 0 Å². The number of hydrogen-bond donors (Lipinski definition) is 1. The van der Waals surface area contributed by atoms with Crippen LogP contribution in [-0.2, 0) is 16.8 Å². The molecule has 0 bridgehead atoms. The maximum Gasteiger partial charge on any atom is 0.258 e. The second-order valence-corrected chi connectivity index (χ2v) is 7.73. The van der Waals surface area contributed by atoms with Crippen molar-refractivity contribution in [2.75, 3.05) is 6.54 Å². The molecule has 1 fully saturated rings. The highest BCUT2D eigenvalue weighted by Crippen LogP contribution is 2.45. The van der Waals surface area contributed by atoms with Gasteiger partial charge in [-0.05, 0) is 49.6 Å². The van der Waals surface area contributed by atoms with E-state index in [1.165, 1.54) is 0 Å². The molecule has 0 unspecified atom stereocenters. The molecule has 28 heavy (non-hydrogen) atoms. The van der Waals surface area contributed by atoms with E-state index >= 15 is 0 Å². The molecule has 6 heteroatoms. The molecule has 5 nitrogen and oxygen atoms in total. The summed E-state index contributed by atoms with van der Waals surface area (Å²) in [5.74, 6) is 0.568. The van der Waals surface area contributed by atoms with Gasteiger partial charge in [0.25, 0.3) is 5.56 Å². The minimum atomic E-state index is -0.530. The highest BCUT2D eigenvalue weighted by Gasteiger charge is 2.47. The highest BCUT2D eigenvalue weighted by atomic mass is 35.5. The molecular formula is C22H22ClN3O2. The van der Waals surface area contributed by atoms with E-state index in [0.717, 1.165) is 24.8 Å². The summed E-state index contributed by atoms with van der Waals surface area (Å²) in [4.78, 5) is 35.0. The van der Waals surface area contributed by atoms with Crippen LogP contribution in [0.1, 0.15) is 37.6 Å². The summed E-state index contributed by atoms with van der Waals surface area (Å²) in [5.41, 5.74) is 0.892. The largest absolute Gasteiger partial charge is 0.335 e. The van der Waals surface area contributed by atoms with Crippen molar-refractivity contribution in [1.82, 2.24) is 14.9 Å². The highest BCUT2D eigenvalue weighted by molar-refractivity contribution is 6.30. The van der Waals surface area contributed by atoms with Crippen LogP contribution in [0.3, 0.4) is 0 Å². The van der Waals surface area contributed by atoms with Crippen LogP contribution in [0.4, 0.5) is 0 Å². The molecule has 2 aromatic carbocycles. The van der Waals surface area contributed by atoms with Gasteiger partial charge in [-0.3, -0.25) is 9.59 Å². The van der Waals surface area contributed by atoms with Gasteiger partial charge in [-0.25, -0.2) is 4.98 Å². The number of para-hydroxylation sites is 1. The first kappa shape index (κ1) is 18.7. The van der Waals surface area contributed by atoms with Crippen LogP contribution < -0.4 is 5.56 Å². The lowest BCUT2D eigenvalue weighted by atomic mass is 9.63. The fourth-order valence-corrected chi connectivity index (χ4v) is 4.15. The number of H-pyrrole nitrogens is 1. The van der Waals surface area contributed by atoms with Gasteiger partial charge in [0.15, 0.2) is 0 Å². The molecule has 3 aromatic rings. The van der Waals surface area contributed by atoms with Crippen molar-refractivity contribution in [1.29, 1.82) is 0 Å². The third kappa shape index (κ3) is 3.20. The average molecular weight is 396 g/mol. The predicted molar refractivity (Wildman–Crippen MR) is 110 cm³/mol. The topological polar surface area (TPSA) is 66.1 Å². The second kappa shape index (κ2) is 7.40. The molecule has 0 saturated heterocycles. The quantitative estimate of drug-likeness (QED) is 0.708. The Balaban J connectivity index is 1.65. The zero-order valence-electron chi connectivity index (χ0n) is 15.7. The smallest absolute Gasteiger partial charge is 0.258 e. The molecule has 0 radical (unpaired) electrons. The van der Waals surface area contributed by atoms with E-state index < -0.39 is 5.41 Å². The maximum atomic E-state index is 13.5. The number of nitrogens with one attached hydrogen (secondary N) is 1. The Bertz CT molecular complexity index is 1090. The summed E-state index contributed by atoms with van der Waals surface area (Å²) in [6.07, 6.45) is 2.63. The molecule has 1 amide bonds. The molecule has 1 aliphatic rings. The molecule has 144 valence electrons. The number of benzene rings is 2. The minimum absolute atomic E-state index is 0.0688. The van der Waals surface area contributed by atoms with Gasteiger partial charge >= 0.3 is 0 Å². The summed E-state index contributed by atoms with van der Waals surface area (Å²) in [6.45, 7) is 2.76. The number of rotatable bonds is 5. The maximum absolute atomic E-state index is 13.5. The number of carbonyl (C=O) groups is 1. The first-order valence-electron chi connectivity index (χ1n) is 9.57. The number of aromatic amines is 1. The van der Waals surface area contributed by atoms with E-state index in [0.29, 0.717) is 28.3 Å². The average Bonchev–Trinajstić information content (AvgIpc) is 2.65. The number of hydrogen-bond acceptors (Lipinski definition) is 3. The summed E-state index contributed by atoms with van der Waals surface area (Å²) in [7, 11) is 0. The van der Waals surface area contributed by atoms with E-state index in [1.807, 2.05) is 49.4 Å². The van der Waals surface area contributed by atoms with Gasteiger partial charge < -0.3 is 9.88 Å². The summed E-state index contributed by atoms with van der Waals surface area (Å²) < 4.78 is 0. The molecule has 1 N–H and O–H groups in total. The Kier molecular flexibility index (Phi) is 4.94. The molecule has 1 aromatic heterocycles. The van der Waals surface area contributed by atoms with Crippen molar-refractivity contribution < 1.29 is 4.79 Å². The SMILES string of the molecule is CCN(Cc1nc2ccccc2c(=O)[nH]1)C(=O)C1(c2cccc(Cl)c2)CCC1. The number of fused-ring (bicyclic) bond motifs is 1. The zero-order chi connectivity index (χ0) is 19.7. The molecule has 0 aliphatic heterocycles. The Morgan fingerprint density at radius 1 is 1.21 bits per heavy atom. The Morgan fingerprint density at radius 3 is 2.68 bits per heavy atom. The zero-order valence-corrected chi connectivity index (χ0v) is 16.5. The van der Waals surface area contributed by atoms with Gasteiger partial charge in [-0.15, -0.1) is 0 Å². The van der Waals surface area contributed by atoms with Gasteiger partial charge in [0, 0.05) is 11.6 Å². The van der Waals surface area contributed by atoms with Gasteiger partial charge in [-0.1, -0.05) is 42.3 Å². The van der Waals surface area contributed by atoms with Gasteiger partial charge in [-0.2, -0.15) is 0 Å². The summed E-state index contributed by atoms with van der Waals surface area (Å²) >= 11 is 6.18. The van der Waals surface area contributed by atoms with E-state index in [4.69, 9.17) is 11.6 Å². The van der Waals surface area contributed by atoms with Crippen molar-refractivity contribution in [3.63, 3.8) is 0 Å². The van der Waals surface area contributed by atoms with Crippen LogP contribution in [-0.4, -0.2) is 27.3 Å². The van der Waals surface area contributed by atoms with Crippen LogP contribution in [0.15, 0.2) is 53.3 Å². The number of carbonyl (C=O) groups excluding carboxylic acids is 1. The normalized spacial score (nSPS) is 15.2. The number of aromatic nitrogens is 2. The fourth-order valence-electron chi connectivity index (χ4n) is 3.96. The monoisotopic (exact) mass is 395 g/mol. The third-order valence-corrected chi connectivity index (χ3v) is 5.90. The van der Waals surface area contributed by atoms with Crippen LogP contribution in [0, 0.1) is 0 Å².